The zero-order valence-corrected chi connectivity index (χ0v) is 25.1. The Morgan fingerprint density at radius 1 is 0.814 bits per heavy atom. The van der Waals surface area contributed by atoms with E-state index in [1.807, 2.05) is 0 Å². The highest BCUT2D eigenvalue weighted by Crippen LogP contribution is 2.39. The standard InChI is InChI=1S/C26H38O17/c1-12-19(20(39-14(3)29)21(40-15(4)30)24(34-8)38-12)42-25-22(41-16(5)31)23(37-11-27)26(10-36-25,43-17(6)32)18(33-7)9-35-13(2)28/h11-12,18-25H,9-10H2,1-8H3/t12-,18-,19?,20-,21-,22+,23+,24-,25-,26-/m1/s1. The largest absolute Gasteiger partial charge is 0.463 e. The molecule has 0 saturated carbocycles. The Labute approximate surface area is 247 Å². The first-order chi connectivity index (χ1) is 20.2. The van der Waals surface area contributed by atoms with Gasteiger partial charge in [0.05, 0.1) is 12.7 Å². The van der Waals surface area contributed by atoms with Crippen LogP contribution >= 0.6 is 0 Å². The zero-order chi connectivity index (χ0) is 32.5. The lowest BCUT2D eigenvalue weighted by Crippen LogP contribution is -2.71. The van der Waals surface area contributed by atoms with Crippen LogP contribution in [0.25, 0.3) is 0 Å². The smallest absolute Gasteiger partial charge is 0.303 e. The molecule has 0 spiro atoms. The highest BCUT2D eigenvalue weighted by Gasteiger charge is 2.63. The van der Waals surface area contributed by atoms with Gasteiger partial charge in [-0.05, 0) is 6.92 Å². The molecular weight excluding hydrogens is 584 g/mol. The fourth-order valence-corrected chi connectivity index (χ4v) is 4.93. The molecule has 2 aliphatic rings. The van der Waals surface area contributed by atoms with Gasteiger partial charge in [-0.25, -0.2) is 0 Å². The van der Waals surface area contributed by atoms with Crippen molar-refractivity contribution >= 4 is 36.3 Å². The molecule has 0 aliphatic carbocycles. The van der Waals surface area contributed by atoms with Crippen LogP contribution in [0.15, 0.2) is 0 Å². The van der Waals surface area contributed by atoms with Crippen LogP contribution in [0, 0.1) is 0 Å². The van der Waals surface area contributed by atoms with Crippen LogP contribution < -0.4 is 0 Å². The van der Waals surface area contributed by atoms with Crippen molar-refractivity contribution in [2.24, 2.45) is 0 Å². The second-order valence-corrected chi connectivity index (χ2v) is 9.68. The van der Waals surface area contributed by atoms with Crippen LogP contribution in [-0.2, 0) is 80.9 Å². The van der Waals surface area contributed by atoms with Gasteiger partial charge >= 0.3 is 29.8 Å². The third-order valence-electron chi connectivity index (χ3n) is 6.48. The maximum atomic E-state index is 12.3. The van der Waals surface area contributed by atoms with E-state index in [1.165, 1.54) is 14.2 Å². The molecule has 0 aromatic carbocycles. The van der Waals surface area contributed by atoms with Crippen LogP contribution in [0.3, 0.4) is 0 Å². The van der Waals surface area contributed by atoms with Crippen molar-refractivity contribution in [3.05, 3.63) is 0 Å². The van der Waals surface area contributed by atoms with Gasteiger partial charge in [-0.15, -0.1) is 0 Å². The van der Waals surface area contributed by atoms with E-state index in [2.05, 4.69) is 0 Å². The number of methoxy groups -OCH3 is 2. The van der Waals surface area contributed by atoms with Crippen molar-refractivity contribution in [1.82, 2.24) is 0 Å². The molecule has 0 aromatic heterocycles. The second-order valence-electron chi connectivity index (χ2n) is 9.68. The van der Waals surface area contributed by atoms with Gasteiger partial charge in [-0.2, -0.15) is 0 Å². The second kappa shape index (κ2) is 15.9. The third-order valence-corrected chi connectivity index (χ3v) is 6.48. The van der Waals surface area contributed by atoms with Gasteiger partial charge in [0.15, 0.2) is 37.0 Å². The maximum Gasteiger partial charge on any atom is 0.303 e. The average molecular weight is 623 g/mol. The fraction of sp³-hybridized carbons (Fsp3) is 0.769. The minimum atomic E-state index is -2.03. The number of carbonyl (C=O) groups excluding carboxylic acids is 6. The van der Waals surface area contributed by atoms with Crippen LogP contribution in [0.2, 0.25) is 0 Å². The fourth-order valence-electron chi connectivity index (χ4n) is 4.93. The quantitative estimate of drug-likeness (QED) is 0.142. The summed E-state index contributed by atoms with van der Waals surface area (Å²) in [6.07, 6.45) is -12.1. The molecule has 0 N–H and O–H groups in total. The Hall–Kier alpha value is -3.38. The van der Waals surface area contributed by atoms with E-state index < -0.39 is 104 Å². The average Bonchev–Trinajstić information content (AvgIpc) is 2.89. The molecule has 2 aliphatic heterocycles. The Morgan fingerprint density at radius 3 is 1.88 bits per heavy atom. The van der Waals surface area contributed by atoms with Gasteiger partial charge in [0.2, 0.25) is 5.60 Å². The van der Waals surface area contributed by atoms with E-state index in [9.17, 15) is 28.8 Å². The van der Waals surface area contributed by atoms with E-state index in [1.54, 1.807) is 6.92 Å². The molecule has 2 rings (SSSR count). The zero-order valence-electron chi connectivity index (χ0n) is 25.1. The molecule has 1 unspecified atom stereocenters. The summed E-state index contributed by atoms with van der Waals surface area (Å²) < 4.78 is 60.9. The molecule has 10 atom stereocenters. The first-order valence-electron chi connectivity index (χ1n) is 13.1. The number of carbonyl (C=O) groups is 6. The summed E-state index contributed by atoms with van der Waals surface area (Å²) in [5.41, 5.74) is -2.03. The van der Waals surface area contributed by atoms with Gasteiger partial charge < -0.3 is 52.1 Å². The number of hydrogen-bond acceptors (Lipinski definition) is 17. The molecule has 0 aromatic rings. The molecule has 2 fully saturated rings. The number of rotatable bonds is 13. The summed E-state index contributed by atoms with van der Waals surface area (Å²) in [6, 6.07) is 0. The summed E-state index contributed by atoms with van der Waals surface area (Å²) in [5.74, 6) is -3.94. The molecule has 2 saturated heterocycles. The monoisotopic (exact) mass is 622 g/mol. The van der Waals surface area contributed by atoms with E-state index in [-0.39, 0.29) is 6.47 Å². The topological polar surface area (TPSA) is 204 Å². The highest BCUT2D eigenvalue weighted by molar-refractivity contribution is 5.68. The van der Waals surface area contributed by atoms with Gasteiger partial charge in [-0.3, -0.25) is 28.8 Å². The Kier molecular flexibility index (Phi) is 13.2. The van der Waals surface area contributed by atoms with Crippen LogP contribution in [0.1, 0.15) is 41.5 Å². The molecular formula is C26H38O17. The maximum absolute atomic E-state index is 12.3. The molecule has 244 valence electrons. The third kappa shape index (κ3) is 9.06. The van der Waals surface area contributed by atoms with E-state index in [0.29, 0.717) is 0 Å². The molecule has 2 heterocycles. The van der Waals surface area contributed by atoms with Crippen molar-refractivity contribution < 1.29 is 80.9 Å². The van der Waals surface area contributed by atoms with Gasteiger partial charge in [0.1, 0.15) is 18.8 Å². The van der Waals surface area contributed by atoms with Crippen LogP contribution in [0.4, 0.5) is 0 Å². The molecule has 43 heavy (non-hydrogen) atoms. The van der Waals surface area contributed by atoms with Crippen LogP contribution in [0.5, 0.6) is 0 Å². The number of esters is 5. The van der Waals surface area contributed by atoms with Crippen molar-refractivity contribution in [2.45, 2.75) is 102 Å². The minimum absolute atomic E-state index is 0.0221. The van der Waals surface area contributed by atoms with Gasteiger partial charge in [0, 0.05) is 48.8 Å². The SMILES string of the molecule is CO[C@@H]1O[C@H](C)C(O[C@H]2OC[C@@](OC(C)=O)([C@@H](COC(C)=O)OC)[C@@H](OC=O)[C@@H]2OC(C)=O)[C@@H](OC(C)=O)[C@H]1OC(C)=O. The summed E-state index contributed by atoms with van der Waals surface area (Å²) in [4.78, 5) is 71.8. The van der Waals surface area contributed by atoms with E-state index in [0.717, 1.165) is 34.6 Å². The summed E-state index contributed by atoms with van der Waals surface area (Å²) >= 11 is 0. The summed E-state index contributed by atoms with van der Waals surface area (Å²) in [6.45, 7) is 6.00. The predicted octanol–water partition coefficient (Wildman–Crippen LogP) is -0.664. The lowest BCUT2D eigenvalue weighted by atomic mass is 9.84. The molecule has 17 heteroatoms. The van der Waals surface area contributed by atoms with Crippen molar-refractivity contribution in [1.29, 1.82) is 0 Å². The molecule has 17 nitrogen and oxygen atoms in total. The van der Waals surface area contributed by atoms with E-state index >= 15 is 0 Å². The Bertz CT molecular complexity index is 1020. The minimum Gasteiger partial charge on any atom is -0.463 e. The molecule has 0 amide bonds. The van der Waals surface area contributed by atoms with Crippen molar-refractivity contribution in [2.75, 3.05) is 27.4 Å². The van der Waals surface area contributed by atoms with Gasteiger partial charge in [0.25, 0.3) is 6.47 Å². The van der Waals surface area contributed by atoms with Crippen LogP contribution in [-0.4, -0.2) is 125 Å². The first-order valence-corrected chi connectivity index (χ1v) is 13.1. The highest BCUT2D eigenvalue weighted by atomic mass is 16.8. The Balaban J connectivity index is 2.60. The number of ether oxygens (including phenoxy) is 11. The van der Waals surface area contributed by atoms with Gasteiger partial charge in [-0.1, -0.05) is 0 Å². The predicted molar refractivity (Wildman–Crippen MR) is 135 cm³/mol. The van der Waals surface area contributed by atoms with Crippen molar-refractivity contribution in [3.8, 4) is 0 Å². The van der Waals surface area contributed by atoms with Crippen molar-refractivity contribution in [3.63, 3.8) is 0 Å². The normalized spacial score (nSPS) is 32.8. The molecule has 0 bridgehead atoms. The number of hydrogen-bond donors (Lipinski definition) is 0. The Morgan fingerprint density at radius 2 is 1.40 bits per heavy atom. The summed E-state index contributed by atoms with van der Waals surface area (Å²) in [7, 11) is 2.51. The van der Waals surface area contributed by atoms with E-state index in [4.69, 9.17) is 52.1 Å². The molecule has 0 radical (unpaired) electrons. The first kappa shape index (κ1) is 35.8. The lowest BCUT2D eigenvalue weighted by Gasteiger charge is -2.51. The summed E-state index contributed by atoms with van der Waals surface area (Å²) in [5, 5.41) is 0. The lowest BCUT2D eigenvalue weighted by molar-refractivity contribution is -0.359.